The maximum atomic E-state index is 13.8. The highest BCUT2D eigenvalue weighted by Gasteiger charge is 2.46. The third-order valence-electron chi connectivity index (χ3n) is 3.79. The van der Waals surface area contributed by atoms with E-state index in [0.29, 0.717) is 10.3 Å². The van der Waals surface area contributed by atoms with Gasteiger partial charge in [0.05, 0.1) is 26.9 Å². The topological polar surface area (TPSA) is 102 Å². The molecule has 148 valence electrons. The molecule has 6 nitrogen and oxygen atoms in total. The second kappa shape index (κ2) is 7.02. The van der Waals surface area contributed by atoms with E-state index in [1.54, 1.807) is 0 Å². The lowest BCUT2D eigenvalue weighted by atomic mass is 10.2. The number of fused-ring (bicyclic) bond motifs is 1. The molecule has 3 N–H and O–H groups in total. The van der Waals surface area contributed by atoms with E-state index in [-0.39, 0.29) is 22.5 Å². The van der Waals surface area contributed by atoms with Crippen LogP contribution in [-0.2, 0) is 16.4 Å². The van der Waals surface area contributed by atoms with Gasteiger partial charge in [0, 0.05) is 12.7 Å². The Morgan fingerprint density at radius 3 is 2.39 bits per heavy atom. The molecule has 0 atom stereocenters. The number of alkyl halides is 3. The highest BCUT2D eigenvalue weighted by Crippen LogP contribution is 2.34. The van der Waals surface area contributed by atoms with Crippen LogP contribution in [-0.4, -0.2) is 24.8 Å². The highest BCUT2D eigenvalue weighted by atomic mass is 32.2. The van der Waals surface area contributed by atoms with Gasteiger partial charge in [-0.15, -0.1) is 11.3 Å². The van der Waals surface area contributed by atoms with Gasteiger partial charge in [0.1, 0.15) is 4.88 Å². The van der Waals surface area contributed by atoms with Crippen LogP contribution < -0.4 is 11.1 Å². The third kappa shape index (κ3) is 3.52. The molecule has 0 bridgehead atoms. The second-order valence-electron chi connectivity index (χ2n) is 5.62. The van der Waals surface area contributed by atoms with Gasteiger partial charge in [-0.2, -0.15) is 13.2 Å². The van der Waals surface area contributed by atoms with Crippen LogP contribution in [0.1, 0.15) is 15.2 Å². The van der Waals surface area contributed by atoms with Gasteiger partial charge in [-0.3, -0.25) is 9.78 Å². The van der Waals surface area contributed by atoms with Crippen LogP contribution in [0.5, 0.6) is 0 Å². The molecule has 2 heterocycles. The van der Waals surface area contributed by atoms with Crippen molar-refractivity contribution in [2.24, 2.45) is 0 Å². The number of amides is 1. The number of nitrogens with two attached hydrogens (primary N) is 1. The summed E-state index contributed by atoms with van der Waals surface area (Å²) < 4.78 is 74.4. The number of benzene rings is 1. The zero-order chi connectivity index (χ0) is 20.7. The molecule has 1 amide bonds. The average Bonchev–Trinajstić information content (AvgIpc) is 2.97. The molecule has 0 unspecified atom stereocenters. The lowest BCUT2D eigenvalue weighted by Gasteiger charge is -2.09. The maximum Gasteiger partial charge on any atom is 0.501 e. The van der Waals surface area contributed by atoms with Crippen LogP contribution in [0.15, 0.2) is 41.6 Å². The number of pyridine rings is 1. The molecule has 0 aliphatic heterocycles. The van der Waals surface area contributed by atoms with Crippen LogP contribution in [0.3, 0.4) is 0 Å². The zero-order valence-corrected chi connectivity index (χ0v) is 15.4. The second-order valence-corrected chi connectivity index (χ2v) is 8.61. The number of anilines is 1. The number of hydrogen-bond acceptors (Lipinski definition) is 6. The Balaban J connectivity index is 1.75. The predicted octanol–water partition coefficient (Wildman–Crippen LogP) is 3.24. The first-order chi connectivity index (χ1) is 13.0. The molecule has 0 fully saturated rings. The normalized spacial score (nSPS) is 12.3. The number of carbonyl (C=O) groups excluding carboxylic acids is 1. The van der Waals surface area contributed by atoms with Crippen molar-refractivity contribution >= 4 is 42.9 Å². The lowest BCUT2D eigenvalue weighted by Crippen LogP contribution is -2.24. The molecule has 28 heavy (non-hydrogen) atoms. The van der Waals surface area contributed by atoms with E-state index >= 15 is 0 Å². The molecule has 0 aliphatic carbocycles. The highest BCUT2D eigenvalue weighted by molar-refractivity contribution is 7.92. The SMILES string of the molecule is Nc1c(C(=O)NCc2ccc(S(=O)(=O)C(F)(F)F)cc2)sc2cncc(F)c12. The first-order valence-electron chi connectivity index (χ1n) is 7.52. The molecule has 3 rings (SSSR count). The molecular weight excluding hydrogens is 422 g/mol. The molecule has 0 spiro atoms. The van der Waals surface area contributed by atoms with E-state index in [9.17, 15) is 30.8 Å². The number of thiophene rings is 1. The fourth-order valence-corrected chi connectivity index (χ4v) is 4.17. The van der Waals surface area contributed by atoms with E-state index in [1.807, 2.05) is 0 Å². The smallest absolute Gasteiger partial charge is 0.397 e. The van der Waals surface area contributed by atoms with Gasteiger partial charge in [0.25, 0.3) is 15.7 Å². The summed E-state index contributed by atoms with van der Waals surface area (Å²) >= 11 is 0.946. The quantitative estimate of drug-likeness (QED) is 0.615. The van der Waals surface area contributed by atoms with E-state index in [4.69, 9.17) is 5.73 Å². The summed E-state index contributed by atoms with van der Waals surface area (Å²) in [5.41, 5.74) is 0.754. The van der Waals surface area contributed by atoms with Crippen LogP contribution in [0, 0.1) is 5.82 Å². The Morgan fingerprint density at radius 2 is 1.82 bits per heavy atom. The number of carbonyl (C=O) groups is 1. The Morgan fingerprint density at radius 1 is 1.18 bits per heavy atom. The maximum absolute atomic E-state index is 13.8. The van der Waals surface area contributed by atoms with Gasteiger partial charge in [-0.25, -0.2) is 12.8 Å². The van der Waals surface area contributed by atoms with Crippen LogP contribution >= 0.6 is 11.3 Å². The monoisotopic (exact) mass is 433 g/mol. The lowest BCUT2D eigenvalue weighted by molar-refractivity contribution is -0.0436. The first-order valence-corrected chi connectivity index (χ1v) is 9.82. The number of nitrogens with zero attached hydrogens (tertiary/aromatic N) is 1. The van der Waals surface area contributed by atoms with Crippen LogP contribution in [0.2, 0.25) is 0 Å². The Labute approximate surface area is 159 Å². The number of sulfone groups is 1. The molecule has 0 radical (unpaired) electrons. The fraction of sp³-hybridized carbons (Fsp3) is 0.125. The molecule has 2 aromatic heterocycles. The molecule has 3 aromatic rings. The summed E-state index contributed by atoms with van der Waals surface area (Å²) in [5, 5.41) is 2.59. The van der Waals surface area contributed by atoms with Crippen molar-refractivity contribution in [2.45, 2.75) is 16.9 Å². The van der Waals surface area contributed by atoms with Gasteiger partial charge >= 0.3 is 5.51 Å². The van der Waals surface area contributed by atoms with E-state index in [2.05, 4.69) is 10.3 Å². The summed E-state index contributed by atoms with van der Waals surface area (Å²) in [6, 6.07) is 3.91. The number of halogens is 4. The zero-order valence-electron chi connectivity index (χ0n) is 13.7. The minimum Gasteiger partial charge on any atom is -0.397 e. The van der Waals surface area contributed by atoms with Crippen LogP contribution in [0.25, 0.3) is 10.1 Å². The number of nitrogens with one attached hydrogen (secondary N) is 1. The molecule has 12 heteroatoms. The first kappa shape index (κ1) is 20.0. The van der Waals surface area contributed by atoms with Crippen molar-refractivity contribution in [2.75, 3.05) is 5.73 Å². The Hall–Kier alpha value is -2.73. The van der Waals surface area contributed by atoms with Crippen molar-refractivity contribution in [1.29, 1.82) is 0 Å². The van der Waals surface area contributed by atoms with E-state index in [0.717, 1.165) is 41.8 Å². The molecular formula is C16H11F4N3O3S2. The molecule has 1 aromatic carbocycles. The molecule has 0 saturated heterocycles. The number of aromatic nitrogens is 1. The van der Waals surface area contributed by atoms with Gasteiger partial charge in [0.15, 0.2) is 5.82 Å². The number of nitrogen functional groups attached to an aromatic ring is 1. The van der Waals surface area contributed by atoms with Crippen molar-refractivity contribution in [3.8, 4) is 0 Å². The standard InChI is InChI=1S/C16H11F4N3O3S2/c17-10-6-22-7-11-12(10)13(21)14(27-11)15(24)23-5-8-1-3-9(4-2-8)28(25,26)16(18,19)20/h1-4,6-7H,5,21H2,(H,23,24). The number of hydrogen-bond donors (Lipinski definition) is 2. The minimum atomic E-state index is -5.44. The van der Waals surface area contributed by atoms with Crippen molar-refractivity contribution in [1.82, 2.24) is 10.3 Å². The molecule has 0 saturated carbocycles. The van der Waals surface area contributed by atoms with Gasteiger partial charge in [0.2, 0.25) is 0 Å². The van der Waals surface area contributed by atoms with Crippen molar-refractivity contribution in [3.63, 3.8) is 0 Å². The van der Waals surface area contributed by atoms with Gasteiger partial charge < -0.3 is 11.1 Å². The Bertz CT molecular complexity index is 1160. The van der Waals surface area contributed by atoms with Gasteiger partial charge in [-0.1, -0.05) is 12.1 Å². The summed E-state index contributed by atoms with van der Waals surface area (Å²) in [6.45, 7) is -0.0976. The Kier molecular flexibility index (Phi) is 5.02. The van der Waals surface area contributed by atoms with E-state index < -0.39 is 32.0 Å². The predicted molar refractivity (Wildman–Crippen MR) is 94.8 cm³/mol. The van der Waals surface area contributed by atoms with Crippen molar-refractivity contribution < 1.29 is 30.8 Å². The van der Waals surface area contributed by atoms with E-state index in [1.165, 1.54) is 6.20 Å². The summed E-state index contributed by atoms with van der Waals surface area (Å²) in [6.07, 6.45) is 2.35. The van der Waals surface area contributed by atoms with Gasteiger partial charge in [-0.05, 0) is 17.7 Å². The largest absolute Gasteiger partial charge is 0.501 e. The summed E-state index contributed by atoms with van der Waals surface area (Å²) in [4.78, 5) is 15.2. The summed E-state index contributed by atoms with van der Waals surface area (Å²) in [7, 11) is -5.44. The van der Waals surface area contributed by atoms with Crippen LogP contribution in [0.4, 0.5) is 23.2 Å². The minimum absolute atomic E-state index is 0.0379. The fourth-order valence-electron chi connectivity index (χ4n) is 2.39. The third-order valence-corrected chi connectivity index (χ3v) is 6.43. The average molecular weight is 433 g/mol. The van der Waals surface area contributed by atoms with Crippen molar-refractivity contribution in [3.05, 3.63) is 52.9 Å². The molecule has 0 aliphatic rings. The number of rotatable bonds is 4. The summed E-state index contributed by atoms with van der Waals surface area (Å²) in [5.74, 6) is -1.27.